The molecule has 0 spiro atoms. The molecule has 0 N–H and O–H groups in total. The fraction of sp³-hybridized carbons (Fsp3) is 0.481. The lowest BCUT2D eigenvalue weighted by atomic mass is 9.85. The van der Waals surface area contributed by atoms with Gasteiger partial charge in [0.15, 0.2) is 0 Å². The smallest absolute Gasteiger partial charge is 0.416 e. The van der Waals surface area contributed by atoms with Gasteiger partial charge in [-0.25, -0.2) is 9.59 Å². The molecule has 6 nitrogen and oxygen atoms in total. The predicted octanol–water partition coefficient (Wildman–Crippen LogP) is 7.66. The van der Waals surface area contributed by atoms with Crippen LogP contribution in [0.2, 0.25) is 5.02 Å². The van der Waals surface area contributed by atoms with E-state index in [9.17, 15) is 35.9 Å². The number of benzene rings is 2. The second kappa shape index (κ2) is 11.4. The number of halogens is 7. The number of carbonyl (C=O) groups is 2. The largest absolute Gasteiger partial charge is 0.444 e. The summed E-state index contributed by atoms with van der Waals surface area (Å²) in [5.74, 6) is -0.451. The molecule has 2 aromatic carbocycles. The molecule has 0 aromatic heterocycles. The zero-order chi connectivity index (χ0) is 30.2. The van der Waals surface area contributed by atoms with E-state index >= 15 is 0 Å². The SMILES string of the molecule is CN(C(=O)N(C)[C@@H]1CCN(C(=O)OC(C)(C)C)C[C@H]1c1ccc(Cl)cc1)c1cc(C(F)(F)F)cc(C(F)(F)F)c1. The van der Waals surface area contributed by atoms with Gasteiger partial charge >= 0.3 is 24.5 Å². The van der Waals surface area contributed by atoms with Crippen molar-refractivity contribution in [2.24, 2.45) is 0 Å². The molecule has 1 saturated heterocycles. The van der Waals surface area contributed by atoms with Crippen LogP contribution in [0.4, 0.5) is 41.6 Å². The zero-order valence-electron chi connectivity index (χ0n) is 22.5. The van der Waals surface area contributed by atoms with Crippen LogP contribution in [0.5, 0.6) is 0 Å². The van der Waals surface area contributed by atoms with Gasteiger partial charge in [-0.3, -0.25) is 4.90 Å². The van der Waals surface area contributed by atoms with E-state index in [1.807, 2.05) is 0 Å². The Bertz CT molecular complexity index is 1200. The first-order chi connectivity index (χ1) is 18.3. The maximum atomic E-state index is 13.5. The van der Waals surface area contributed by atoms with E-state index in [4.69, 9.17) is 16.3 Å². The number of likely N-dealkylation sites (N-methyl/N-ethyl adjacent to an activating group) is 1. The molecule has 40 heavy (non-hydrogen) atoms. The fourth-order valence-corrected chi connectivity index (χ4v) is 4.68. The van der Waals surface area contributed by atoms with Gasteiger partial charge in [-0.1, -0.05) is 23.7 Å². The molecular formula is C27H30ClF6N3O3. The second-order valence-electron chi connectivity index (χ2n) is 10.7. The number of hydrogen-bond donors (Lipinski definition) is 0. The average Bonchev–Trinajstić information content (AvgIpc) is 2.85. The molecule has 1 aliphatic heterocycles. The minimum Gasteiger partial charge on any atom is -0.444 e. The Morgan fingerprint density at radius 1 is 0.925 bits per heavy atom. The van der Waals surface area contributed by atoms with Crippen LogP contribution in [0.3, 0.4) is 0 Å². The summed E-state index contributed by atoms with van der Waals surface area (Å²) in [6, 6.07) is 6.42. The first-order valence-electron chi connectivity index (χ1n) is 12.3. The summed E-state index contributed by atoms with van der Waals surface area (Å²) in [4.78, 5) is 29.8. The fourth-order valence-electron chi connectivity index (χ4n) is 4.55. The second-order valence-corrected chi connectivity index (χ2v) is 11.1. The van der Waals surface area contributed by atoms with E-state index in [1.165, 1.54) is 16.8 Å². The van der Waals surface area contributed by atoms with Gasteiger partial charge in [0.25, 0.3) is 0 Å². The van der Waals surface area contributed by atoms with Crippen molar-refractivity contribution in [3.05, 3.63) is 64.2 Å². The van der Waals surface area contributed by atoms with E-state index in [2.05, 4.69) is 0 Å². The van der Waals surface area contributed by atoms with Crippen LogP contribution in [0, 0.1) is 0 Å². The number of ether oxygens (including phenoxy) is 1. The van der Waals surface area contributed by atoms with E-state index in [0.29, 0.717) is 17.2 Å². The number of piperidine rings is 1. The topological polar surface area (TPSA) is 53.1 Å². The highest BCUT2D eigenvalue weighted by atomic mass is 35.5. The summed E-state index contributed by atoms with van der Waals surface area (Å²) in [7, 11) is 2.54. The van der Waals surface area contributed by atoms with Crippen LogP contribution in [0.15, 0.2) is 42.5 Å². The lowest BCUT2D eigenvalue weighted by Gasteiger charge is -2.43. The molecule has 2 aromatic rings. The van der Waals surface area contributed by atoms with E-state index < -0.39 is 58.9 Å². The van der Waals surface area contributed by atoms with Gasteiger partial charge in [0.1, 0.15) is 5.60 Å². The molecule has 0 radical (unpaired) electrons. The monoisotopic (exact) mass is 593 g/mol. The third kappa shape index (κ3) is 7.52. The Labute approximate surface area is 233 Å². The number of rotatable bonds is 3. The van der Waals surface area contributed by atoms with E-state index in [-0.39, 0.29) is 25.6 Å². The Morgan fingerprint density at radius 3 is 1.93 bits per heavy atom. The van der Waals surface area contributed by atoms with E-state index in [1.54, 1.807) is 45.0 Å². The molecule has 0 aliphatic carbocycles. The van der Waals surface area contributed by atoms with Crippen LogP contribution < -0.4 is 4.90 Å². The summed E-state index contributed by atoms with van der Waals surface area (Å²) in [5, 5.41) is 0.467. The Hall–Kier alpha value is -3.15. The molecule has 220 valence electrons. The molecule has 0 saturated carbocycles. The minimum absolute atomic E-state index is 0.00842. The van der Waals surface area contributed by atoms with Gasteiger partial charge in [-0.05, 0) is 63.1 Å². The number of hydrogen-bond acceptors (Lipinski definition) is 3. The van der Waals surface area contributed by atoms with Crippen LogP contribution >= 0.6 is 11.6 Å². The summed E-state index contributed by atoms with van der Waals surface area (Å²) >= 11 is 6.03. The van der Waals surface area contributed by atoms with Gasteiger partial charge < -0.3 is 14.5 Å². The van der Waals surface area contributed by atoms with Crippen molar-refractivity contribution < 1.29 is 40.7 Å². The van der Waals surface area contributed by atoms with Gasteiger partial charge in [0, 0.05) is 49.9 Å². The predicted molar refractivity (Wildman–Crippen MR) is 138 cm³/mol. The maximum absolute atomic E-state index is 13.5. The lowest BCUT2D eigenvalue weighted by Crippen LogP contribution is -2.54. The maximum Gasteiger partial charge on any atom is 0.416 e. The van der Waals surface area contributed by atoms with Crippen LogP contribution in [0.25, 0.3) is 0 Å². The first kappa shape index (κ1) is 31.4. The molecule has 0 unspecified atom stereocenters. The Morgan fingerprint density at radius 2 is 1.45 bits per heavy atom. The summed E-state index contributed by atoms with van der Waals surface area (Å²) < 4.78 is 85.8. The summed E-state index contributed by atoms with van der Waals surface area (Å²) in [5.41, 5.74) is -3.61. The van der Waals surface area contributed by atoms with Gasteiger partial charge in [-0.2, -0.15) is 26.3 Å². The number of anilines is 1. The quantitative estimate of drug-likeness (QED) is 0.343. The van der Waals surface area contributed by atoms with Crippen LogP contribution in [-0.4, -0.2) is 60.8 Å². The molecule has 3 amide bonds. The zero-order valence-corrected chi connectivity index (χ0v) is 23.3. The van der Waals surface area contributed by atoms with Crippen LogP contribution in [-0.2, 0) is 17.1 Å². The Kier molecular flexibility index (Phi) is 8.93. The number of nitrogens with zero attached hydrogens (tertiary/aromatic N) is 3. The third-order valence-electron chi connectivity index (χ3n) is 6.57. The summed E-state index contributed by atoms with van der Waals surface area (Å²) in [6.07, 6.45) is -10.4. The number of alkyl halides is 6. The van der Waals surface area contributed by atoms with Crippen LogP contribution in [0.1, 0.15) is 49.8 Å². The van der Waals surface area contributed by atoms with Crippen molar-refractivity contribution in [3.8, 4) is 0 Å². The van der Waals surface area contributed by atoms with Crippen molar-refractivity contribution in [1.29, 1.82) is 0 Å². The third-order valence-corrected chi connectivity index (χ3v) is 6.82. The van der Waals surface area contributed by atoms with Gasteiger partial charge in [-0.15, -0.1) is 0 Å². The molecule has 1 heterocycles. The molecule has 0 bridgehead atoms. The highest BCUT2D eigenvalue weighted by Gasteiger charge is 2.40. The number of urea groups is 1. The molecule has 3 rings (SSSR count). The number of likely N-dealkylation sites (tertiary alicyclic amines) is 1. The number of carbonyl (C=O) groups excluding carboxylic acids is 2. The molecule has 13 heteroatoms. The first-order valence-corrected chi connectivity index (χ1v) is 12.7. The average molecular weight is 594 g/mol. The van der Waals surface area contributed by atoms with E-state index in [0.717, 1.165) is 17.5 Å². The molecule has 1 aliphatic rings. The van der Waals surface area contributed by atoms with Crippen molar-refractivity contribution >= 4 is 29.4 Å². The van der Waals surface area contributed by atoms with Crippen molar-refractivity contribution in [2.45, 2.75) is 57.1 Å². The lowest BCUT2D eigenvalue weighted by molar-refractivity contribution is -0.143. The highest BCUT2D eigenvalue weighted by Crippen LogP contribution is 2.39. The van der Waals surface area contributed by atoms with Crippen molar-refractivity contribution in [1.82, 2.24) is 9.80 Å². The summed E-state index contributed by atoms with van der Waals surface area (Å²) in [6.45, 7) is 5.56. The molecule has 2 atom stereocenters. The Balaban J connectivity index is 1.93. The number of amides is 3. The van der Waals surface area contributed by atoms with Crippen molar-refractivity contribution in [3.63, 3.8) is 0 Å². The molecular weight excluding hydrogens is 564 g/mol. The molecule has 1 fully saturated rings. The van der Waals surface area contributed by atoms with Gasteiger partial charge in [0.2, 0.25) is 0 Å². The normalized spacial score (nSPS) is 18.4. The van der Waals surface area contributed by atoms with Crippen molar-refractivity contribution in [2.75, 3.05) is 32.1 Å². The highest BCUT2D eigenvalue weighted by molar-refractivity contribution is 6.30. The minimum atomic E-state index is -5.06. The van der Waals surface area contributed by atoms with Gasteiger partial charge in [0.05, 0.1) is 11.1 Å². The standard InChI is InChI=1S/C27H30ClF6N3O3/c1-25(2,3)40-24(39)37-11-10-22(21(15-37)16-6-8-19(28)9-7-16)36(5)23(38)35(4)20-13-17(26(29,30)31)12-18(14-20)27(32,33)34/h6-9,12-14,21-22H,10-11,15H2,1-5H3/t21-,22+/m0/s1.